The van der Waals surface area contributed by atoms with Crippen LogP contribution >= 0.6 is 0 Å². The van der Waals surface area contributed by atoms with Gasteiger partial charge in [-0.2, -0.15) is 0 Å². The second kappa shape index (κ2) is 6.21. The van der Waals surface area contributed by atoms with Crippen LogP contribution in [0.3, 0.4) is 0 Å². The Bertz CT molecular complexity index is 356. The van der Waals surface area contributed by atoms with Gasteiger partial charge in [0.15, 0.2) is 11.5 Å². The fraction of sp³-hybridized carbons (Fsp3) is 0.429. The first-order valence-electron chi connectivity index (χ1n) is 5.70. The Morgan fingerprint density at radius 1 is 1.44 bits per heavy atom. The average Bonchev–Trinajstić information content (AvgIpc) is 2.29. The minimum absolute atomic E-state index is 0.266. The van der Waals surface area contributed by atoms with Crippen LogP contribution in [0.5, 0.6) is 11.5 Å². The Labute approximate surface area is 97.6 Å². The van der Waals surface area contributed by atoms with Gasteiger partial charge < -0.3 is 9.84 Å². The normalized spacial score (nSPS) is 12.9. The van der Waals surface area contributed by atoms with Gasteiger partial charge in [-0.05, 0) is 30.4 Å². The highest BCUT2D eigenvalue weighted by molar-refractivity contribution is 5.45. The molecule has 1 aromatic rings. The molecule has 88 valence electrons. The number of hydrogen-bond donors (Lipinski definition) is 1. The Balaban J connectivity index is 2.77. The molecule has 2 heteroatoms. The Morgan fingerprint density at radius 3 is 2.81 bits per heavy atom. The molecular formula is C14H20O2. The number of ether oxygens (including phenoxy) is 1. The Kier molecular flexibility index (Phi) is 4.90. The second-order valence-electron chi connectivity index (χ2n) is 3.99. The van der Waals surface area contributed by atoms with E-state index in [4.69, 9.17) is 4.74 Å². The predicted molar refractivity (Wildman–Crippen MR) is 67.0 cm³/mol. The minimum Gasteiger partial charge on any atom is -0.504 e. The van der Waals surface area contributed by atoms with E-state index in [9.17, 15) is 5.11 Å². The number of phenols is 1. The maximum absolute atomic E-state index is 9.91. The molecule has 1 unspecified atom stereocenters. The molecule has 0 radical (unpaired) electrons. The molecule has 0 aliphatic rings. The first-order chi connectivity index (χ1) is 7.69. The van der Waals surface area contributed by atoms with E-state index in [2.05, 4.69) is 26.0 Å². The summed E-state index contributed by atoms with van der Waals surface area (Å²) in [5, 5.41) is 9.91. The lowest BCUT2D eigenvalue weighted by molar-refractivity contribution is 0.369. The van der Waals surface area contributed by atoms with Crippen molar-refractivity contribution in [2.45, 2.75) is 26.7 Å². The van der Waals surface area contributed by atoms with Crippen molar-refractivity contribution in [3.8, 4) is 11.5 Å². The molecular weight excluding hydrogens is 200 g/mol. The number of aromatic hydroxyl groups is 1. The van der Waals surface area contributed by atoms with Gasteiger partial charge in [-0.1, -0.05) is 38.1 Å². The van der Waals surface area contributed by atoms with Crippen molar-refractivity contribution in [2.24, 2.45) is 5.92 Å². The van der Waals surface area contributed by atoms with Crippen LogP contribution in [-0.2, 0) is 6.42 Å². The van der Waals surface area contributed by atoms with E-state index in [-0.39, 0.29) is 5.75 Å². The monoisotopic (exact) mass is 220 g/mol. The SMILES string of the molecule is CC/C=C\C(C)Cc1cccc(OC)c1O. The molecule has 1 N–H and O–H groups in total. The van der Waals surface area contributed by atoms with Crippen LogP contribution in [0.1, 0.15) is 25.8 Å². The maximum Gasteiger partial charge on any atom is 0.160 e. The zero-order chi connectivity index (χ0) is 12.0. The van der Waals surface area contributed by atoms with Crippen LogP contribution in [0.2, 0.25) is 0 Å². The van der Waals surface area contributed by atoms with Crippen LogP contribution < -0.4 is 4.74 Å². The van der Waals surface area contributed by atoms with Crippen LogP contribution in [0, 0.1) is 5.92 Å². The summed E-state index contributed by atoms with van der Waals surface area (Å²) in [4.78, 5) is 0. The van der Waals surface area contributed by atoms with Gasteiger partial charge in [0.05, 0.1) is 7.11 Å². The molecule has 0 bridgehead atoms. The number of para-hydroxylation sites is 1. The predicted octanol–water partition coefficient (Wildman–Crippen LogP) is 3.55. The second-order valence-corrected chi connectivity index (χ2v) is 3.99. The number of hydrogen-bond acceptors (Lipinski definition) is 2. The van der Waals surface area contributed by atoms with Gasteiger partial charge in [-0.15, -0.1) is 0 Å². The summed E-state index contributed by atoms with van der Waals surface area (Å²) in [5.41, 5.74) is 0.938. The Hall–Kier alpha value is -1.44. The maximum atomic E-state index is 9.91. The fourth-order valence-electron chi connectivity index (χ4n) is 1.68. The molecule has 0 spiro atoms. The van der Waals surface area contributed by atoms with E-state index in [0.717, 1.165) is 18.4 Å². The van der Waals surface area contributed by atoms with Crippen molar-refractivity contribution in [3.05, 3.63) is 35.9 Å². The van der Waals surface area contributed by atoms with Crippen LogP contribution in [0.4, 0.5) is 0 Å². The van der Waals surface area contributed by atoms with Crippen LogP contribution in [0.15, 0.2) is 30.4 Å². The standard InChI is InChI=1S/C14H20O2/c1-4-5-7-11(2)10-12-8-6-9-13(16-3)14(12)15/h5-9,11,15H,4,10H2,1-3H3/b7-5-. The zero-order valence-corrected chi connectivity index (χ0v) is 10.2. The number of methoxy groups -OCH3 is 1. The fourth-order valence-corrected chi connectivity index (χ4v) is 1.68. The van der Waals surface area contributed by atoms with E-state index in [1.807, 2.05) is 12.1 Å². The summed E-state index contributed by atoms with van der Waals surface area (Å²) in [6.07, 6.45) is 6.22. The summed E-state index contributed by atoms with van der Waals surface area (Å²) >= 11 is 0. The van der Waals surface area contributed by atoms with Gasteiger partial charge in [0.1, 0.15) is 0 Å². The summed E-state index contributed by atoms with van der Waals surface area (Å²) in [5.74, 6) is 1.24. The molecule has 1 rings (SSSR count). The largest absolute Gasteiger partial charge is 0.504 e. The first-order valence-corrected chi connectivity index (χ1v) is 5.70. The molecule has 0 saturated heterocycles. The molecule has 0 heterocycles. The smallest absolute Gasteiger partial charge is 0.160 e. The molecule has 0 fully saturated rings. The summed E-state index contributed by atoms with van der Waals surface area (Å²) in [7, 11) is 1.57. The molecule has 16 heavy (non-hydrogen) atoms. The third kappa shape index (κ3) is 3.30. The third-order valence-corrected chi connectivity index (χ3v) is 2.54. The molecule has 0 aromatic heterocycles. The van der Waals surface area contributed by atoms with E-state index in [1.54, 1.807) is 13.2 Å². The van der Waals surface area contributed by atoms with Gasteiger partial charge in [0.2, 0.25) is 0 Å². The van der Waals surface area contributed by atoms with Crippen molar-refractivity contribution in [1.29, 1.82) is 0 Å². The minimum atomic E-state index is 0.266. The number of rotatable bonds is 5. The molecule has 1 aromatic carbocycles. The van der Waals surface area contributed by atoms with Crippen molar-refractivity contribution >= 4 is 0 Å². The third-order valence-electron chi connectivity index (χ3n) is 2.54. The highest BCUT2D eigenvalue weighted by atomic mass is 16.5. The van der Waals surface area contributed by atoms with E-state index >= 15 is 0 Å². The van der Waals surface area contributed by atoms with Crippen LogP contribution in [0.25, 0.3) is 0 Å². The molecule has 2 nitrogen and oxygen atoms in total. The lowest BCUT2D eigenvalue weighted by atomic mass is 9.99. The molecule has 0 saturated carbocycles. The number of benzene rings is 1. The molecule has 0 aliphatic heterocycles. The van der Waals surface area contributed by atoms with E-state index < -0.39 is 0 Å². The average molecular weight is 220 g/mol. The number of phenolic OH excluding ortho intramolecular Hbond substituents is 1. The topological polar surface area (TPSA) is 29.5 Å². The Morgan fingerprint density at radius 2 is 2.19 bits per heavy atom. The summed E-state index contributed by atoms with van der Waals surface area (Å²) < 4.78 is 5.08. The van der Waals surface area contributed by atoms with Gasteiger partial charge in [-0.3, -0.25) is 0 Å². The first kappa shape index (κ1) is 12.6. The lowest BCUT2D eigenvalue weighted by Crippen LogP contribution is -1.97. The molecule has 0 aliphatic carbocycles. The molecule has 1 atom stereocenters. The quantitative estimate of drug-likeness (QED) is 0.769. The van der Waals surface area contributed by atoms with Gasteiger partial charge >= 0.3 is 0 Å². The van der Waals surface area contributed by atoms with E-state index in [1.165, 1.54) is 0 Å². The van der Waals surface area contributed by atoms with E-state index in [0.29, 0.717) is 11.7 Å². The highest BCUT2D eigenvalue weighted by Crippen LogP contribution is 2.31. The van der Waals surface area contributed by atoms with Crippen molar-refractivity contribution in [3.63, 3.8) is 0 Å². The number of allylic oxidation sites excluding steroid dienone is 2. The zero-order valence-electron chi connectivity index (χ0n) is 10.2. The van der Waals surface area contributed by atoms with Crippen molar-refractivity contribution < 1.29 is 9.84 Å². The van der Waals surface area contributed by atoms with Gasteiger partial charge in [0.25, 0.3) is 0 Å². The van der Waals surface area contributed by atoms with Crippen molar-refractivity contribution in [2.75, 3.05) is 7.11 Å². The van der Waals surface area contributed by atoms with Crippen molar-refractivity contribution in [1.82, 2.24) is 0 Å². The summed E-state index contributed by atoms with van der Waals surface area (Å²) in [6.45, 7) is 4.26. The highest BCUT2D eigenvalue weighted by Gasteiger charge is 2.09. The lowest BCUT2D eigenvalue weighted by Gasteiger charge is -2.11. The van der Waals surface area contributed by atoms with Gasteiger partial charge in [0, 0.05) is 0 Å². The van der Waals surface area contributed by atoms with Gasteiger partial charge in [-0.25, -0.2) is 0 Å². The molecule has 0 amide bonds. The summed E-state index contributed by atoms with van der Waals surface area (Å²) in [6, 6.07) is 5.61. The van der Waals surface area contributed by atoms with Crippen LogP contribution in [-0.4, -0.2) is 12.2 Å².